The smallest absolute Gasteiger partial charge is 0.0713 e. The average molecular weight is 203 g/mol. The van der Waals surface area contributed by atoms with E-state index in [2.05, 4.69) is 35.3 Å². The lowest BCUT2D eigenvalue weighted by Gasteiger charge is -2.24. The summed E-state index contributed by atoms with van der Waals surface area (Å²) in [7, 11) is 2.06. The Morgan fingerprint density at radius 1 is 1.62 bits per heavy atom. The van der Waals surface area contributed by atoms with Crippen LogP contribution in [0.15, 0.2) is 18.3 Å². The topological polar surface area (TPSA) is 26.2 Å². The van der Waals surface area contributed by atoms with Crippen molar-refractivity contribution in [1.82, 2.24) is 9.88 Å². The van der Waals surface area contributed by atoms with Crippen molar-refractivity contribution >= 4 is 12.4 Å². The van der Waals surface area contributed by atoms with Gasteiger partial charge in [0.05, 0.1) is 19.3 Å². The maximum atomic E-state index is 5.39. The molecular weight excluding hydrogens is 188 g/mol. The predicted octanol–water partition coefficient (Wildman–Crippen LogP) is 1.11. The summed E-state index contributed by atoms with van der Waals surface area (Å²) in [6.45, 7) is 2.58. The Morgan fingerprint density at radius 3 is 3.00 bits per heavy atom. The Bertz CT molecular complexity index is 256. The number of ether oxygens (including phenoxy) is 1. The Labute approximate surface area is 84.5 Å². The number of hydrogen-bond donors (Lipinski definition) is 1. The number of rotatable bonds is 1. The van der Waals surface area contributed by atoms with E-state index in [1.54, 1.807) is 0 Å². The van der Waals surface area contributed by atoms with Gasteiger partial charge in [-0.05, 0) is 12.1 Å². The van der Waals surface area contributed by atoms with Gasteiger partial charge in [-0.2, -0.15) is 0 Å². The van der Waals surface area contributed by atoms with Gasteiger partial charge in [0.15, 0.2) is 0 Å². The summed E-state index contributed by atoms with van der Waals surface area (Å²) in [4.78, 5) is 0. The van der Waals surface area contributed by atoms with Gasteiger partial charge >= 0.3 is 0 Å². The number of nitrogens with one attached hydrogen (secondary N) is 1. The van der Waals surface area contributed by atoms with E-state index in [0.29, 0.717) is 6.04 Å². The highest BCUT2D eigenvalue weighted by molar-refractivity contribution is 5.85. The van der Waals surface area contributed by atoms with Gasteiger partial charge in [0.1, 0.15) is 0 Å². The van der Waals surface area contributed by atoms with Gasteiger partial charge in [-0.3, -0.25) is 0 Å². The van der Waals surface area contributed by atoms with Crippen molar-refractivity contribution in [3.63, 3.8) is 0 Å². The fourth-order valence-electron chi connectivity index (χ4n) is 1.59. The van der Waals surface area contributed by atoms with E-state index in [4.69, 9.17) is 4.74 Å². The van der Waals surface area contributed by atoms with Crippen molar-refractivity contribution in [3.8, 4) is 0 Å². The van der Waals surface area contributed by atoms with E-state index in [1.807, 2.05) is 0 Å². The zero-order valence-corrected chi connectivity index (χ0v) is 8.51. The minimum absolute atomic E-state index is 0. The third-order valence-electron chi connectivity index (χ3n) is 2.26. The monoisotopic (exact) mass is 202 g/mol. The third kappa shape index (κ3) is 2.24. The standard InChI is InChI=1S/C9H14N2O.ClH/c1-11-5-2-3-9(11)8-7-12-6-4-10-8;/h2-3,5,8,10H,4,6-7H2,1H3;1H/t8-;/m1./s1. The first-order valence-corrected chi connectivity index (χ1v) is 4.30. The SMILES string of the molecule is Cl.Cn1cccc1[C@H]1COCCN1. The Balaban J connectivity index is 0.000000845. The summed E-state index contributed by atoms with van der Waals surface area (Å²) in [6.07, 6.45) is 2.06. The third-order valence-corrected chi connectivity index (χ3v) is 2.26. The number of hydrogen-bond acceptors (Lipinski definition) is 2. The molecule has 1 aromatic heterocycles. The summed E-state index contributed by atoms with van der Waals surface area (Å²) >= 11 is 0. The second kappa shape index (κ2) is 4.65. The molecule has 0 saturated carbocycles. The largest absolute Gasteiger partial charge is 0.378 e. The minimum Gasteiger partial charge on any atom is -0.378 e. The zero-order valence-electron chi connectivity index (χ0n) is 7.69. The van der Waals surface area contributed by atoms with E-state index in [0.717, 1.165) is 19.8 Å². The lowest BCUT2D eigenvalue weighted by molar-refractivity contribution is 0.0747. The number of aromatic nitrogens is 1. The molecule has 1 fully saturated rings. The number of morpholine rings is 1. The molecule has 1 aliphatic heterocycles. The molecule has 1 saturated heterocycles. The molecule has 1 aromatic rings. The highest BCUT2D eigenvalue weighted by atomic mass is 35.5. The van der Waals surface area contributed by atoms with Crippen molar-refractivity contribution in [2.45, 2.75) is 6.04 Å². The van der Waals surface area contributed by atoms with Crippen LogP contribution >= 0.6 is 12.4 Å². The van der Waals surface area contributed by atoms with Crippen molar-refractivity contribution < 1.29 is 4.74 Å². The molecule has 4 heteroatoms. The van der Waals surface area contributed by atoms with E-state index < -0.39 is 0 Å². The summed E-state index contributed by atoms with van der Waals surface area (Å²) in [6, 6.07) is 4.57. The fourth-order valence-corrected chi connectivity index (χ4v) is 1.59. The molecule has 0 aromatic carbocycles. The van der Waals surface area contributed by atoms with Crippen LogP contribution in [0.2, 0.25) is 0 Å². The van der Waals surface area contributed by atoms with E-state index in [9.17, 15) is 0 Å². The van der Waals surface area contributed by atoms with E-state index in [1.165, 1.54) is 5.69 Å². The zero-order chi connectivity index (χ0) is 8.39. The second-order valence-electron chi connectivity index (χ2n) is 3.13. The van der Waals surface area contributed by atoms with Crippen LogP contribution in [0.3, 0.4) is 0 Å². The molecule has 13 heavy (non-hydrogen) atoms. The second-order valence-corrected chi connectivity index (χ2v) is 3.13. The van der Waals surface area contributed by atoms with E-state index in [-0.39, 0.29) is 12.4 Å². The summed E-state index contributed by atoms with van der Waals surface area (Å²) in [5.41, 5.74) is 1.30. The van der Waals surface area contributed by atoms with Gasteiger partial charge in [-0.1, -0.05) is 0 Å². The number of halogens is 1. The molecule has 0 amide bonds. The van der Waals surface area contributed by atoms with Gasteiger partial charge < -0.3 is 14.6 Å². The Hall–Kier alpha value is -0.510. The molecule has 0 radical (unpaired) electrons. The molecule has 74 valence electrons. The van der Waals surface area contributed by atoms with Crippen LogP contribution in [0.25, 0.3) is 0 Å². The van der Waals surface area contributed by atoms with Crippen LogP contribution in [0, 0.1) is 0 Å². The highest BCUT2D eigenvalue weighted by Crippen LogP contribution is 2.14. The molecule has 1 N–H and O–H groups in total. The number of aryl methyl sites for hydroxylation is 1. The maximum absolute atomic E-state index is 5.39. The van der Waals surface area contributed by atoms with Gasteiger partial charge in [0.25, 0.3) is 0 Å². The lowest BCUT2D eigenvalue weighted by Crippen LogP contribution is -2.35. The van der Waals surface area contributed by atoms with Gasteiger partial charge in [0, 0.05) is 25.5 Å². The van der Waals surface area contributed by atoms with Crippen molar-refractivity contribution in [2.75, 3.05) is 19.8 Å². The molecule has 1 aliphatic rings. The van der Waals surface area contributed by atoms with Gasteiger partial charge in [0.2, 0.25) is 0 Å². The van der Waals surface area contributed by atoms with Gasteiger partial charge in [-0.15, -0.1) is 12.4 Å². The maximum Gasteiger partial charge on any atom is 0.0713 e. The molecule has 2 heterocycles. The molecule has 0 bridgehead atoms. The Morgan fingerprint density at radius 2 is 2.46 bits per heavy atom. The molecule has 0 spiro atoms. The fraction of sp³-hybridized carbons (Fsp3) is 0.556. The van der Waals surface area contributed by atoms with Crippen LogP contribution in [-0.4, -0.2) is 24.3 Å². The first kappa shape index (κ1) is 10.6. The minimum atomic E-state index is 0. The average Bonchev–Trinajstić information content (AvgIpc) is 2.53. The molecule has 2 rings (SSSR count). The molecular formula is C9H15ClN2O. The summed E-state index contributed by atoms with van der Waals surface area (Å²) in [5.74, 6) is 0. The normalized spacial score (nSPS) is 22.4. The molecule has 0 aliphatic carbocycles. The van der Waals surface area contributed by atoms with Crippen molar-refractivity contribution in [2.24, 2.45) is 7.05 Å². The van der Waals surface area contributed by atoms with Crippen LogP contribution < -0.4 is 5.32 Å². The van der Waals surface area contributed by atoms with Crippen LogP contribution in [0.4, 0.5) is 0 Å². The Kier molecular flexibility index (Phi) is 3.78. The quantitative estimate of drug-likeness (QED) is 0.739. The molecule has 1 atom stereocenters. The molecule has 3 nitrogen and oxygen atoms in total. The highest BCUT2D eigenvalue weighted by Gasteiger charge is 2.16. The lowest BCUT2D eigenvalue weighted by atomic mass is 10.2. The summed E-state index contributed by atoms with van der Waals surface area (Å²) in [5, 5.41) is 3.42. The van der Waals surface area contributed by atoms with E-state index >= 15 is 0 Å². The van der Waals surface area contributed by atoms with Crippen LogP contribution in [0.1, 0.15) is 11.7 Å². The van der Waals surface area contributed by atoms with Crippen molar-refractivity contribution in [1.29, 1.82) is 0 Å². The summed E-state index contributed by atoms with van der Waals surface area (Å²) < 4.78 is 7.52. The van der Waals surface area contributed by atoms with Crippen LogP contribution in [-0.2, 0) is 11.8 Å². The first-order chi connectivity index (χ1) is 5.88. The first-order valence-electron chi connectivity index (χ1n) is 4.30. The van der Waals surface area contributed by atoms with Crippen molar-refractivity contribution in [3.05, 3.63) is 24.0 Å². The van der Waals surface area contributed by atoms with Crippen LogP contribution in [0.5, 0.6) is 0 Å². The number of nitrogens with zero attached hydrogens (tertiary/aromatic N) is 1. The van der Waals surface area contributed by atoms with Gasteiger partial charge in [-0.25, -0.2) is 0 Å². The predicted molar refractivity (Wildman–Crippen MR) is 54.2 cm³/mol. The molecule has 0 unspecified atom stereocenters.